The van der Waals surface area contributed by atoms with E-state index in [0.29, 0.717) is 18.6 Å². The molecule has 2 fully saturated rings. The summed E-state index contributed by atoms with van der Waals surface area (Å²) in [5.74, 6) is 0.836. The van der Waals surface area contributed by atoms with Gasteiger partial charge in [0.05, 0.1) is 12.6 Å². The number of carbonyl (C=O) groups excluding carboxylic acids is 1. The van der Waals surface area contributed by atoms with E-state index in [9.17, 15) is 4.79 Å². The van der Waals surface area contributed by atoms with Crippen LogP contribution in [0.4, 0.5) is 0 Å². The summed E-state index contributed by atoms with van der Waals surface area (Å²) in [5.41, 5.74) is -0.388. The molecule has 0 aromatic carbocycles. The fourth-order valence-corrected chi connectivity index (χ4v) is 2.43. The van der Waals surface area contributed by atoms with Gasteiger partial charge in [0.2, 0.25) is 5.91 Å². The summed E-state index contributed by atoms with van der Waals surface area (Å²) in [6, 6.07) is 0.303. The highest BCUT2D eigenvalue weighted by atomic mass is 16.5. The van der Waals surface area contributed by atoms with Crippen LogP contribution in [-0.2, 0) is 9.53 Å². The van der Waals surface area contributed by atoms with Gasteiger partial charge in [-0.2, -0.15) is 0 Å². The Morgan fingerprint density at radius 1 is 1.46 bits per heavy atom. The second-order valence-corrected chi connectivity index (χ2v) is 4.68. The first kappa shape index (κ1) is 9.00. The molecule has 2 aliphatic rings. The van der Waals surface area contributed by atoms with Crippen molar-refractivity contribution >= 4 is 5.91 Å². The highest BCUT2D eigenvalue weighted by Gasteiger charge is 2.53. The maximum absolute atomic E-state index is 11.9. The minimum absolute atomic E-state index is 0.160. The molecule has 3 heteroatoms. The SMILES string of the molecule is CC1C(=O)N2C(COC2(C)C)C1C. The number of hydrogen-bond acceptors (Lipinski definition) is 2. The smallest absolute Gasteiger partial charge is 0.228 e. The lowest BCUT2D eigenvalue weighted by Gasteiger charge is -2.29. The zero-order chi connectivity index (χ0) is 9.80. The molecule has 2 aliphatic heterocycles. The number of carbonyl (C=O) groups is 1. The lowest BCUT2D eigenvalue weighted by molar-refractivity contribution is -0.144. The van der Waals surface area contributed by atoms with Gasteiger partial charge in [0.25, 0.3) is 0 Å². The van der Waals surface area contributed by atoms with E-state index >= 15 is 0 Å². The molecule has 13 heavy (non-hydrogen) atoms. The van der Waals surface area contributed by atoms with Gasteiger partial charge in [-0.25, -0.2) is 0 Å². The van der Waals surface area contributed by atoms with Crippen LogP contribution >= 0.6 is 0 Å². The van der Waals surface area contributed by atoms with Crippen molar-refractivity contribution in [1.82, 2.24) is 4.90 Å². The van der Waals surface area contributed by atoms with Crippen LogP contribution in [0.3, 0.4) is 0 Å². The van der Waals surface area contributed by atoms with Crippen molar-refractivity contribution in [3.05, 3.63) is 0 Å². The first-order valence-electron chi connectivity index (χ1n) is 4.92. The first-order valence-corrected chi connectivity index (χ1v) is 4.92. The molecule has 74 valence electrons. The third-order valence-corrected chi connectivity index (χ3v) is 3.54. The number of fused-ring (bicyclic) bond motifs is 1. The summed E-state index contributed by atoms with van der Waals surface area (Å²) in [5, 5.41) is 0. The van der Waals surface area contributed by atoms with Crippen molar-refractivity contribution in [2.24, 2.45) is 11.8 Å². The van der Waals surface area contributed by atoms with Crippen LogP contribution in [0, 0.1) is 11.8 Å². The Bertz CT molecular complexity index is 249. The predicted molar refractivity (Wildman–Crippen MR) is 49.0 cm³/mol. The third-order valence-electron chi connectivity index (χ3n) is 3.54. The van der Waals surface area contributed by atoms with Crippen LogP contribution in [0.5, 0.6) is 0 Å². The van der Waals surface area contributed by atoms with Crippen molar-refractivity contribution in [3.63, 3.8) is 0 Å². The van der Waals surface area contributed by atoms with E-state index in [1.807, 2.05) is 25.7 Å². The molecule has 2 heterocycles. The minimum atomic E-state index is -0.388. The molecule has 3 nitrogen and oxygen atoms in total. The zero-order valence-electron chi connectivity index (χ0n) is 8.70. The Hall–Kier alpha value is -0.570. The van der Waals surface area contributed by atoms with Gasteiger partial charge < -0.3 is 9.64 Å². The summed E-state index contributed by atoms with van der Waals surface area (Å²) >= 11 is 0. The Labute approximate surface area is 79.0 Å². The Kier molecular flexibility index (Phi) is 1.71. The first-order chi connectivity index (χ1) is 5.95. The molecule has 2 rings (SSSR count). The van der Waals surface area contributed by atoms with Gasteiger partial charge >= 0.3 is 0 Å². The quantitative estimate of drug-likeness (QED) is 0.565. The van der Waals surface area contributed by atoms with Crippen LogP contribution in [0.25, 0.3) is 0 Å². The number of ether oxygens (including phenoxy) is 1. The zero-order valence-corrected chi connectivity index (χ0v) is 8.70. The van der Waals surface area contributed by atoms with E-state index in [-0.39, 0.29) is 17.6 Å². The van der Waals surface area contributed by atoms with Gasteiger partial charge in [0.1, 0.15) is 5.72 Å². The van der Waals surface area contributed by atoms with Crippen molar-refractivity contribution < 1.29 is 9.53 Å². The molecule has 0 aliphatic carbocycles. The predicted octanol–water partition coefficient (Wildman–Crippen LogP) is 1.24. The van der Waals surface area contributed by atoms with Crippen LogP contribution in [-0.4, -0.2) is 29.2 Å². The number of hydrogen-bond donors (Lipinski definition) is 0. The highest BCUT2D eigenvalue weighted by molar-refractivity contribution is 5.82. The van der Waals surface area contributed by atoms with Crippen LogP contribution < -0.4 is 0 Å². The second-order valence-electron chi connectivity index (χ2n) is 4.68. The summed E-state index contributed by atoms with van der Waals surface area (Å²) in [7, 11) is 0. The molecule has 0 spiro atoms. The third kappa shape index (κ3) is 1.03. The number of rotatable bonds is 0. The molecule has 0 aromatic heterocycles. The van der Waals surface area contributed by atoms with E-state index < -0.39 is 0 Å². The molecule has 0 saturated carbocycles. The number of nitrogens with zero attached hydrogens (tertiary/aromatic N) is 1. The summed E-state index contributed by atoms with van der Waals surface area (Å²) in [6.45, 7) is 8.79. The highest BCUT2D eigenvalue weighted by Crippen LogP contribution is 2.40. The Morgan fingerprint density at radius 2 is 2.08 bits per heavy atom. The molecular formula is C10H17NO2. The average molecular weight is 183 g/mol. The molecule has 0 aromatic rings. The van der Waals surface area contributed by atoms with E-state index in [1.165, 1.54) is 0 Å². The van der Waals surface area contributed by atoms with Crippen molar-refractivity contribution in [1.29, 1.82) is 0 Å². The van der Waals surface area contributed by atoms with Crippen LogP contribution in [0.15, 0.2) is 0 Å². The van der Waals surface area contributed by atoms with E-state index in [1.54, 1.807) is 0 Å². The molecule has 0 N–H and O–H groups in total. The topological polar surface area (TPSA) is 29.5 Å². The molecular weight excluding hydrogens is 166 g/mol. The molecule has 3 atom stereocenters. The number of amides is 1. The average Bonchev–Trinajstić information content (AvgIpc) is 2.46. The fourth-order valence-electron chi connectivity index (χ4n) is 2.43. The van der Waals surface area contributed by atoms with Crippen molar-refractivity contribution in [3.8, 4) is 0 Å². The van der Waals surface area contributed by atoms with E-state index in [2.05, 4.69) is 6.92 Å². The normalized spacial score (nSPS) is 42.6. The lowest BCUT2D eigenvalue weighted by atomic mass is 9.94. The summed E-state index contributed by atoms with van der Waals surface area (Å²) in [4.78, 5) is 13.8. The van der Waals surface area contributed by atoms with E-state index in [4.69, 9.17) is 4.74 Å². The minimum Gasteiger partial charge on any atom is -0.354 e. The Balaban J connectivity index is 2.33. The maximum atomic E-state index is 11.9. The van der Waals surface area contributed by atoms with Gasteiger partial charge in [0.15, 0.2) is 0 Å². The fraction of sp³-hybridized carbons (Fsp3) is 0.900. The summed E-state index contributed by atoms with van der Waals surface area (Å²) < 4.78 is 5.60. The molecule has 0 radical (unpaired) electrons. The Morgan fingerprint density at radius 3 is 2.62 bits per heavy atom. The van der Waals surface area contributed by atoms with Gasteiger partial charge in [-0.1, -0.05) is 13.8 Å². The van der Waals surface area contributed by atoms with Crippen LogP contribution in [0.2, 0.25) is 0 Å². The van der Waals surface area contributed by atoms with Gasteiger partial charge in [-0.05, 0) is 19.8 Å². The van der Waals surface area contributed by atoms with Crippen molar-refractivity contribution in [2.45, 2.75) is 39.5 Å². The van der Waals surface area contributed by atoms with Crippen LogP contribution in [0.1, 0.15) is 27.7 Å². The molecule has 2 saturated heterocycles. The van der Waals surface area contributed by atoms with Gasteiger partial charge in [-0.15, -0.1) is 0 Å². The largest absolute Gasteiger partial charge is 0.354 e. The van der Waals surface area contributed by atoms with Gasteiger partial charge in [0, 0.05) is 5.92 Å². The molecule has 0 bridgehead atoms. The van der Waals surface area contributed by atoms with Gasteiger partial charge in [-0.3, -0.25) is 4.79 Å². The lowest BCUT2D eigenvalue weighted by Crippen LogP contribution is -2.44. The van der Waals surface area contributed by atoms with Crippen molar-refractivity contribution in [2.75, 3.05) is 6.61 Å². The molecule has 3 unspecified atom stereocenters. The van der Waals surface area contributed by atoms with E-state index in [0.717, 1.165) is 0 Å². The maximum Gasteiger partial charge on any atom is 0.228 e. The standard InChI is InChI=1S/C10H17NO2/c1-6-7(2)9(12)11-8(6)5-13-10(11,3)4/h6-8H,5H2,1-4H3. The monoisotopic (exact) mass is 183 g/mol. The second kappa shape index (κ2) is 2.47. The molecule has 1 amide bonds. The summed E-state index contributed by atoms with van der Waals surface area (Å²) in [6.07, 6.45) is 0.